The van der Waals surface area contributed by atoms with Crippen molar-refractivity contribution >= 4 is 0 Å². The smallest absolute Gasteiger partial charge is 0.0823 e. The molecule has 0 bridgehead atoms. The molecule has 1 aromatic rings. The molecule has 1 heteroatoms. The summed E-state index contributed by atoms with van der Waals surface area (Å²) >= 11 is 0. The third-order valence-corrected chi connectivity index (χ3v) is 4.96. The van der Waals surface area contributed by atoms with E-state index in [4.69, 9.17) is 0 Å². The Bertz CT molecular complexity index is 416. The number of hydrogen-bond acceptors (Lipinski definition) is 1. The van der Waals surface area contributed by atoms with Crippen LogP contribution in [0.2, 0.25) is 0 Å². The van der Waals surface area contributed by atoms with E-state index in [-0.39, 0.29) is 11.5 Å². The molecule has 2 saturated carbocycles. The zero-order valence-corrected chi connectivity index (χ0v) is 11.7. The normalized spacial score (nSPS) is 32.1. The molecule has 0 spiro atoms. The fraction of sp³-hybridized carbons (Fsp3) is 0.647. The van der Waals surface area contributed by atoms with Crippen molar-refractivity contribution in [1.82, 2.24) is 0 Å². The monoisotopic (exact) mass is 244 g/mol. The highest BCUT2D eigenvalue weighted by molar-refractivity contribution is 5.30. The van der Waals surface area contributed by atoms with Crippen LogP contribution in [0, 0.1) is 17.8 Å². The van der Waals surface area contributed by atoms with Crippen molar-refractivity contribution in [2.45, 2.75) is 51.6 Å². The van der Waals surface area contributed by atoms with Gasteiger partial charge in [0.25, 0.3) is 0 Å². The first kappa shape index (κ1) is 12.2. The van der Waals surface area contributed by atoms with Gasteiger partial charge in [-0.15, -0.1) is 0 Å². The molecule has 0 saturated heterocycles. The van der Waals surface area contributed by atoms with E-state index in [1.54, 1.807) is 0 Å². The lowest BCUT2D eigenvalue weighted by atomic mass is 9.86. The first-order chi connectivity index (χ1) is 8.48. The van der Waals surface area contributed by atoms with Crippen molar-refractivity contribution in [2.75, 3.05) is 0 Å². The maximum absolute atomic E-state index is 10.5. The second-order valence-corrected chi connectivity index (χ2v) is 7.15. The number of aliphatic hydroxyl groups excluding tert-OH is 1. The van der Waals surface area contributed by atoms with Crippen molar-refractivity contribution < 1.29 is 5.11 Å². The van der Waals surface area contributed by atoms with Gasteiger partial charge < -0.3 is 5.11 Å². The first-order valence-electron chi connectivity index (χ1n) is 7.27. The molecule has 18 heavy (non-hydrogen) atoms. The molecule has 2 aliphatic rings. The summed E-state index contributed by atoms with van der Waals surface area (Å²) in [4.78, 5) is 0. The van der Waals surface area contributed by atoms with Gasteiger partial charge in [-0.05, 0) is 47.1 Å². The van der Waals surface area contributed by atoms with Gasteiger partial charge in [0.15, 0.2) is 0 Å². The zero-order chi connectivity index (χ0) is 12.9. The maximum atomic E-state index is 10.5. The van der Waals surface area contributed by atoms with Crippen molar-refractivity contribution in [3.8, 4) is 0 Å². The van der Waals surface area contributed by atoms with Gasteiger partial charge >= 0.3 is 0 Å². The summed E-state index contributed by atoms with van der Waals surface area (Å²) in [6, 6.07) is 8.60. The summed E-state index contributed by atoms with van der Waals surface area (Å²) in [5, 5.41) is 10.5. The van der Waals surface area contributed by atoms with Gasteiger partial charge in [-0.2, -0.15) is 0 Å². The Labute approximate surface area is 110 Å². The van der Waals surface area contributed by atoms with Gasteiger partial charge in [-0.25, -0.2) is 0 Å². The Morgan fingerprint density at radius 1 is 1.06 bits per heavy atom. The van der Waals surface area contributed by atoms with Gasteiger partial charge in [-0.1, -0.05) is 51.5 Å². The average Bonchev–Trinajstić information content (AvgIpc) is 2.80. The molecule has 0 heterocycles. The van der Waals surface area contributed by atoms with Crippen LogP contribution < -0.4 is 0 Å². The lowest BCUT2D eigenvalue weighted by Crippen LogP contribution is -2.11. The highest BCUT2D eigenvalue weighted by Gasteiger charge is 2.55. The van der Waals surface area contributed by atoms with Crippen molar-refractivity contribution in [1.29, 1.82) is 0 Å². The first-order valence-corrected chi connectivity index (χ1v) is 7.27. The Morgan fingerprint density at radius 3 is 2.11 bits per heavy atom. The standard InChI is InChI=1S/C17H24O/c1-17(2,3)12-9-7-11(8-10-12)16(18)15-13-5-4-6-14(13)15/h7-10,13-16,18H,4-6H2,1-3H3. The quantitative estimate of drug-likeness (QED) is 0.831. The SMILES string of the molecule is CC(C)(C)c1ccc(C(O)C2C3CCCC32)cc1. The Hall–Kier alpha value is -0.820. The third kappa shape index (κ3) is 1.99. The second kappa shape index (κ2) is 4.09. The molecule has 1 aromatic carbocycles. The van der Waals surface area contributed by atoms with Gasteiger partial charge in [0.1, 0.15) is 0 Å². The van der Waals surface area contributed by atoms with Crippen LogP contribution in [0.25, 0.3) is 0 Å². The lowest BCUT2D eigenvalue weighted by Gasteiger charge is -2.20. The predicted molar refractivity (Wildman–Crippen MR) is 74.4 cm³/mol. The molecule has 1 nitrogen and oxygen atoms in total. The van der Waals surface area contributed by atoms with Gasteiger partial charge in [-0.3, -0.25) is 0 Å². The zero-order valence-electron chi connectivity index (χ0n) is 11.7. The summed E-state index contributed by atoms with van der Waals surface area (Å²) in [6.45, 7) is 6.68. The summed E-state index contributed by atoms with van der Waals surface area (Å²) in [6.07, 6.45) is 3.83. The highest BCUT2D eigenvalue weighted by atomic mass is 16.3. The minimum absolute atomic E-state index is 0.194. The van der Waals surface area contributed by atoms with Crippen LogP contribution in [0.4, 0.5) is 0 Å². The molecule has 2 aliphatic carbocycles. The van der Waals surface area contributed by atoms with E-state index in [0.717, 1.165) is 17.4 Å². The lowest BCUT2D eigenvalue weighted by molar-refractivity contribution is 0.137. The molecular weight excluding hydrogens is 220 g/mol. The van der Waals surface area contributed by atoms with Crippen molar-refractivity contribution in [2.24, 2.45) is 17.8 Å². The van der Waals surface area contributed by atoms with Crippen molar-refractivity contribution in [3.05, 3.63) is 35.4 Å². The molecule has 3 rings (SSSR count). The van der Waals surface area contributed by atoms with E-state index in [9.17, 15) is 5.11 Å². The average molecular weight is 244 g/mol. The van der Waals surface area contributed by atoms with Crippen molar-refractivity contribution in [3.63, 3.8) is 0 Å². The minimum Gasteiger partial charge on any atom is -0.388 e. The topological polar surface area (TPSA) is 20.2 Å². The van der Waals surface area contributed by atoms with Crippen LogP contribution in [0.15, 0.2) is 24.3 Å². The molecule has 2 fully saturated rings. The molecule has 98 valence electrons. The van der Waals surface area contributed by atoms with Crippen LogP contribution in [0.5, 0.6) is 0 Å². The van der Waals surface area contributed by atoms with E-state index in [0.29, 0.717) is 5.92 Å². The minimum atomic E-state index is -0.227. The summed E-state index contributed by atoms with van der Waals surface area (Å²) in [5.41, 5.74) is 2.65. The number of rotatable bonds is 2. The predicted octanol–water partition coefficient (Wildman–Crippen LogP) is 4.06. The van der Waals surface area contributed by atoms with Crippen LogP contribution in [0.3, 0.4) is 0 Å². The molecule has 0 amide bonds. The third-order valence-electron chi connectivity index (χ3n) is 4.96. The van der Waals surface area contributed by atoms with Crippen LogP contribution in [0.1, 0.15) is 57.3 Å². The Balaban J connectivity index is 1.73. The largest absolute Gasteiger partial charge is 0.388 e. The second-order valence-electron chi connectivity index (χ2n) is 7.15. The molecule has 0 radical (unpaired) electrons. The van der Waals surface area contributed by atoms with Crippen LogP contribution >= 0.6 is 0 Å². The molecule has 0 aliphatic heterocycles. The molecule has 3 unspecified atom stereocenters. The number of benzene rings is 1. The highest BCUT2D eigenvalue weighted by Crippen LogP contribution is 2.62. The van der Waals surface area contributed by atoms with E-state index in [1.807, 2.05) is 0 Å². The fourth-order valence-corrected chi connectivity index (χ4v) is 3.75. The number of hydrogen-bond donors (Lipinski definition) is 1. The Morgan fingerprint density at radius 2 is 1.61 bits per heavy atom. The summed E-state index contributed by atoms with van der Waals surface area (Å²) in [7, 11) is 0. The van der Waals surface area contributed by atoms with Gasteiger partial charge in [0.2, 0.25) is 0 Å². The van der Waals surface area contributed by atoms with Crippen LogP contribution in [-0.4, -0.2) is 5.11 Å². The van der Waals surface area contributed by atoms with E-state index < -0.39 is 0 Å². The maximum Gasteiger partial charge on any atom is 0.0823 e. The fourth-order valence-electron chi connectivity index (χ4n) is 3.75. The van der Waals surface area contributed by atoms with Gasteiger partial charge in [0.05, 0.1) is 6.10 Å². The Kier molecular flexibility index (Phi) is 2.78. The summed E-state index contributed by atoms with van der Waals surface area (Å²) < 4.78 is 0. The number of aliphatic hydroxyl groups is 1. The van der Waals surface area contributed by atoms with E-state index in [2.05, 4.69) is 45.0 Å². The molecular formula is C17H24O. The van der Waals surface area contributed by atoms with E-state index >= 15 is 0 Å². The van der Waals surface area contributed by atoms with Gasteiger partial charge in [0, 0.05) is 0 Å². The number of fused-ring (bicyclic) bond motifs is 1. The molecule has 3 atom stereocenters. The van der Waals surface area contributed by atoms with Crippen LogP contribution in [-0.2, 0) is 5.41 Å². The van der Waals surface area contributed by atoms with E-state index in [1.165, 1.54) is 24.8 Å². The summed E-state index contributed by atoms with van der Waals surface area (Å²) in [5.74, 6) is 2.20. The molecule has 1 N–H and O–H groups in total. The molecule has 0 aromatic heterocycles.